The Kier molecular flexibility index (Phi) is 3.31. The number of aromatic nitrogens is 5. The van der Waals surface area contributed by atoms with Gasteiger partial charge in [0.2, 0.25) is 5.88 Å². The third-order valence-corrected chi connectivity index (χ3v) is 3.53. The molecule has 0 aliphatic carbocycles. The van der Waals surface area contributed by atoms with E-state index in [2.05, 4.69) is 20.3 Å². The number of hydrogen-bond donors (Lipinski definition) is 0. The first kappa shape index (κ1) is 15.3. The largest absolute Gasteiger partial charge is 0.453 e. The highest BCUT2D eigenvalue weighted by molar-refractivity contribution is 5.84. The molecule has 0 radical (unpaired) electrons. The fourth-order valence-corrected chi connectivity index (χ4v) is 2.42. The van der Waals surface area contributed by atoms with Crippen LogP contribution >= 0.6 is 0 Å². The zero-order valence-electron chi connectivity index (χ0n) is 12.8. The van der Waals surface area contributed by atoms with Gasteiger partial charge in [-0.1, -0.05) is 18.2 Å². The number of pyridine rings is 1. The van der Waals surface area contributed by atoms with Gasteiger partial charge in [-0.3, -0.25) is 0 Å². The van der Waals surface area contributed by atoms with Crippen LogP contribution < -0.4 is 4.74 Å². The number of alkyl halides is 3. The van der Waals surface area contributed by atoms with E-state index >= 15 is 0 Å². The van der Waals surface area contributed by atoms with Gasteiger partial charge in [0.15, 0.2) is 11.4 Å². The Labute approximate surface area is 138 Å². The molecular formula is C16H10F3N5O. The molecule has 4 rings (SSSR count). The van der Waals surface area contributed by atoms with Crippen molar-refractivity contribution in [2.45, 2.75) is 13.1 Å². The van der Waals surface area contributed by atoms with Crippen LogP contribution in [0.2, 0.25) is 0 Å². The number of fused-ring (bicyclic) bond motifs is 2. The summed E-state index contributed by atoms with van der Waals surface area (Å²) in [6, 6.07) is 11.9. The summed E-state index contributed by atoms with van der Waals surface area (Å²) in [4.78, 5) is 4.42. The van der Waals surface area contributed by atoms with E-state index in [1.54, 1.807) is 12.1 Å². The highest BCUT2D eigenvalue weighted by atomic mass is 19.4. The summed E-state index contributed by atoms with van der Waals surface area (Å²) in [5, 5.41) is 11.3. The topological polar surface area (TPSA) is 65.2 Å². The molecule has 25 heavy (non-hydrogen) atoms. The van der Waals surface area contributed by atoms with Gasteiger partial charge in [-0.25, -0.2) is 4.98 Å². The number of benzene rings is 1. The van der Waals surface area contributed by atoms with Crippen molar-refractivity contribution in [3.05, 3.63) is 54.0 Å². The van der Waals surface area contributed by atoms with Crippen molar-refractivity contribution in [2.75, 3.05) is 0 Å². The van der Waals surface area contributed by atoms with E-state index in [0.29, 0.717) is 15.8 Å². The van der Waals surface area contributed by atoms with Crippen LogP contribution in [0.5, 0.6) is 11.6 Å². The summed E-state index contributed by atoms with van der Waals surface area (Å²) < 4.78 is 45.1. The van der Waals surface area contributed by atoms with Gasteiger partial charge >= 0.3 is 6.18 Å². The predicted octanol–water partition coefficient (Wildman–Crippen LogP) is 3.79. The van der Waals surface area contributed by atoms with E-state index in [4.69, 9.17) is 4.74 Å². The minimum atomic E-state index is -4.66. The van der Waals surface area contributed by atoms with Gasteiger partial charge in [0, 0.05) is 17.1 Å². The quantitative estimate of drug-likeness (QED) is 0.553. The van der Waals surface area contributed by atoms with Gasteiger partial charge in [0.25, 0.3) is 5.82 Å². The highest BCUT2D eigenvalue weighted by Gasteiger charge is 2.37. The molecule has 0 bridgehead atoms. The number of nitrogens with zero attached hydrogens (tertiary/aromatic N) is 5. The van der Waals surface area contributed by atoms with Crippen molar-refractivity contribution in [2.24, 2.45) is 0 Å². The average molecular weight is 345 g/mol. The lowest BCUT2D eigenvalue weighted by molar-refractivity contribution is -0.146. The van der Waals surface area contributed by atoms with Crippen LogP contribution in [0.1, 0.15) is 11.5 Å². The van der Waals surface area contributed by atoms with Gasteiger partial charge in [0.1, 0.15) is 5.52 Å². The van der Waals surface area contributed by atoms with Crippen LogP contribution in [-0.4, -0.2) is 24.8 Å². The minimum Gasteiger partial charge on any atom is -0.435 e. The van der Waals surface area contributed by atoms with E-state index in [1.807, 2.05) is 25.1 Å². The fraction of sp³-hybridized carbons (Fsp3) is 0.125. The molecule has 0 fully saturated rings. The molecule has 0 amide bonds. The lowest BCUT2D eigenvalue weighted by Crippen LogP contribution is -2.12. The monoisotopic (exact) mass is 345 g/mol. The summed E-state index contributed by atoms with van der Waals surface area (Å²) in [6.45, 7) is 1.84. The Balaban J connectivity index is 1.80. The van der Waals surface area contributed by atoms with Gasteiger partial charge in [-0.05, 0) is 25.1 Å². The second kappa shape index (κ2) is 5.40. The zero-order valence-corrected chi connectivity index (χ0v) is 12.8. The van der Waals surface area contributed by atoms with Gasteiger partial charge in [0.05, 0.1) is 0 Å². The summed E-state index contributed by atoms with van der Waals surface area (Å²) >= 11 is 0. The van der Waals surface area contributed by atoms with Crippen LogP contribution in [-0.2, 0) is 6.18 Å². The lowest BCUT2D eigenvalue weighted by Gasteiger charge is -2.09. The Bertz CT molecular complexity index is 1090. The molecule has 9 heteroatoms. The van der Waals surface area contributed by atoms with Crippen LogP contribution in [0.3, 0.4) is 0 Å². The Hall–Kier alpha value is -3.23. The first-order valence-corrected chi connectivity index (χ1v) is 7.26. The van der Waals surface area contributed by atoms with Gasteiger partial charge in [-0.2, -0.15) is 17.7 Å². The first-order valence-electron chi connectivity index (χ1n) is 7.26. The number of para-hydroxylation sites is 1. The van der Waals surface area contributed by atoms with Crippen molar-refractivity contribution in [3.63, 3.8) is 0 Å². The van der Waals surface area contributed by atoms with E-state index in [-0.39, 0.29) is 11.5 Å². The summed E-state index contributed by atoms with van der Waals surface area (Å²) in [5.41, 5.74) is 1.38. The summed E-state index contributed by atoms with van der Waals surface area (Å²) in [6.07, 6.45) is -4.66. The number of rotatable bonds is 2. The van der Waals surface area contributed by atoms with E-state index in [1.165, 1.54) is 12.1 Å². The maximum Gasteiger partial charge on any atom is 0.453 e. The van der Waals surface area contributed by atoms with E-state index in [9.17, 15) is 13.2 Å². The second-order valence-corrected chi connectivity index (χ2v) is 5.35. The number of aryl methyl sites for hydroxylation is 1. The molecule has 1 aromatic carbocycles. The molecule has 0 aliphatic rings. The molecular weight excluding hydrogens is 335 g/mol. The standard InChI is InChI=1S/C16H10F3N5O/c1-9-5-6-10-3-2-4-11(14(10)20-9)25-13-8-7-12-21-22-15(16(17,18)19)24(12)23-13/h2-8H,1H3. The first-order chi connectivity index (χ1) is 11.9. The maximum absolute atomic E-state index is 12.9. The van der Waals surface area contributed by atoms with Crippen molar-refractivity contribution in [1.82, 2.24) is 24.8 Å². The maximum atomic E-state index is 12.9. The molecule has 0 N–H and O–H groups in total. The van der Waals surface area contributed by atoms with Crippen molar-refractivity contribution in [3.8, 4) is 11.6 Å². The summed E-state index contributed by atoms with van der Waals surface area (Å²) in [7, 11) is 0. The van der Waals surface area contributed by atoms with Crippen LogP contribution in [0.4, 0.5) is 13.2 Å². The van der Waals surface area contributed by atoms with Crippen LogP contribution in [0.25, 0.3) is 16.6 Å². The Morgan fingerprint density at radius 1 is 1.00 bits per heavy atom. The lowest BCUT2D eigenvalue weighted by atomic mass is 10.2. The number of hydrogen-bond acceptors (Lipinski definition) is 5. The fourth-order valence-electron chi connectivity index (χ4n) is 2.42. The van der Waals surface area contributed by atoms with Crippen molar-refractivity contribution >= 4 is 16.6 Å². The van der Waals surface area contributed by atoms with E-state index in [0.717, 1.165) is 11.1 Å². The van der Waals surface area contributed by atoms with Crippen molar-refractivity contribution < 1.29 is 17.9 Å². The second-order valence-electron chi connectivity index (χ2n) is 5.35. The zero-order chi connectivity index (χ0) is 17.6. The molecule has 0 spiro atoms. The average Bonchev–Trinajstić information content (AvgIpc) is 2.99. The third kappa shape index (κ3) is 2.73. The molecule has 0 unspecified atom stereocenters. The Morgan fingerprint density at radius 2 is 1.84 bits per heavy atom. The molecule has 3 aromatic heterocycles. The number of halogens is 3. The van der Waals surface area contributed by atoms with E-state index < -0.39 is 12.0 Å². The predicted molar refractivity (Wildman–Crippen MR) is 82.3 cm³/mol. The molecule has 6 nitrogen and oxygen atoms in total. The molecule has 0 aliphatic heterocycles. The molecule has 0 atom stereocenters. The molecule has 3 heterocycles. The van der Waals surface area contributed by atoms with Gasteiger partial charge < -0.3 is 4.74 Å². The van der Waals surface area contributed by atoms with Gasteiger partial charge in [-0.15, -0.1) is 15.3 Å². The van der Waals surface area contributed by atoms with Crippen LogP contribution in [0.15, 0.2) is 42.5 Å². The normalized spacial score (nSPS) is 12.0. The minimum absolute atomic E-state index is 0.0198. The van der Waals surface area contributed by atoms with Crippen molar-refractivity contribution in [1.29, 1.82) is 0 Å². The number of ether oxygens (including phenoxy) is 1. The molecule has 126 valence electrons. The third-order valence-electron chi connectivity index (χ3n) is 3.53. The molecule has 4 aromatic rings. The smallest absolute Gasteiger partial charge is 0.435 e. The Morgan fingerprint density at radius 3 is 2.64 bits per heavy atom. The molecule has 0 saturated heterocycles. The molecule has 0 saturated carbocycles. The summed E-state index contributed by atoms with van der Waals surface area (Å²) in [5.74, 6) is -0.830. The SMILES string of the molecule is Cc1ccc2cccc(Oc3ccc4nnc(C(F)(F)F)n4n3)c2n1. The highest BCUT2D eigenvalue weighted by Crippen LogP contribution is 2.30. The van der Waals surface area contributed by atoms with Crippen LogP contribution in [0, 0.1) is 6.92 Å².